The second-order valence-corrected chi connectivity index (χ2v) is 10.9. The van der Waals surface area contributed by atoms with E-state index in [0.29, 0.717) is 28.0 Å². The molecular weight excluding hydrogens is 541 g/mol. The van der Waals surface area contributed by atoms with E-state index < -0.39 is 35.4 Å². The molecule has 2 aromatic heterocycles. The van der Waals surface area contributed by atoms with E-state index in [-0.39, 0.29) is 29.9 Å². The van der Waals surface area contributed by atoms with Crippen LogP contribution in [-0.4, -0.2) is 50.1 Å². The van der Waals surface area contributed by atoms with Crippen LogP contribution in [0.5, 0.6) is 0 Å². The van der Waals surface area contributed by atoms with Crippen molar-refractivity contribution in [3.05, 3.63) is 63.7 Å². The van der Waals surface area contributed by atoms with E-state index in [1.165, 1.54) is 28.8 Å². The number of amides is 2. The van der Waals surface area contributed by atoms with Crippen LogP contribution in [0.2, 0.25) is 0 Å². The van der Waals surface area contributed by atoms with Gasteiger partial charge in [-0.2, -0.15) is 13.2 Å². The first-order valence-electron chi connectivity index (χ1n) is 12.8. The molecule has 13 heteroatoms. The van der Waals surface area contributed by atoms with Crippen LogP contribution in [0.3, 0.4) is 0 Å². The Morgan fingerprint density at radius 3 is 2.44 bits per heavy atom. The van der Waals surface area contributed by atoms with Crippen molar-refractivity contribution in [3.63, 3.8) is 0 Å². The SMILES string of the molecule is CC(=O)Nc1cc([C@@H](C)Nc2ncnc3c2cc(C2=CCN(C(=O)OC(C)(C)C)C2)c(=O)n3C)cc(C(F)(F)F)c1. The summed E-state index contributed by atoms with van der Waals surface area (Å²) >= 11 is 0. The van der Waals surface area contributed by atoms with E-state index in [4.69, 9.17) is 4.74 Å². The molecule has 3 heterocycles. The molecule has 0 aliphatic carbocycles. The van der Waals surface area contributed by atoms with Crippen LogP contribution in [0.1, 0.15) is 57.4 Å². The number of nitrogens with one attached hydrogen (secondary N) is 2. The topological polar surface area (TPSA) is 118 Å². The molecule has 10 nitrogen and oxygen atoms in total. The first kappa shape index (κ1) is 29.6. The average Bonchev–Trinajstić information content (AvgIpc) is 3.35. The highest BCUT2D eigenvalue weighted by Crippen LogP contribution is 2.35. The van der Waals surface area contributed by atoms with E-state index in [0.717, 1.165) is 12.1 Å². The molecule has 0 fully saturated rings. The molecule has 3 aromatic rings. The Bertz CT molecular complexity index is 1610. The molecule has 1 aliphatic heterocycles. The summed E-state index contributed by atoms with van der Waals surface area (Å²) in [6.45, 7) is 8.60. The smallest absolute Gasteiger partial charge is 0.416 e. The van der Waals surface area contributed by atoms with Crippen molar-refractivity contribution in [1.82, 2.24) is 19.4 Å². The highest BCUT2D eigenvalue weighted by Gasteiger charge is 2.32. The molecule has 4 rings (SSSR count). The fourth-order valence-electron chi connectivity index (χ4n) is 4.46. The number of benzene rings is 1. The predicted molar refractivity (Wildman–Crippen MR) is 148 cm³/mol. The summed E-state index contributed by atoms with van der Waals surface area (Å²) in [5.74, 6) is -0.210. The van der Waals surface area contributed by atoms with Gasteiger partial charge >= 0.3 is 12.3 Å². The third-order valence-electron chi connectivity index (χ3n) is 6.38. The van der Waals surface area contributed by atoms with Gasteiger partial charge in [0.05, 0.1) is 17.0 Å². The minimum atomic E-state index is -4.63. The van der Waals surface area contributed by atoms with Crippen molar-refractivity contribution in [3.8, 4) is 0 Å². The number of anilines is 2. The number of aryl methyl sites for hydroxylation is 1. The Hall–Kier alpha value is -4.42. The Morgan fingerprint density at radius 1 is 1.10 bits per heavy atom. The summed E-state index contributed by atoms with van der Waals surface area (Å²) in [7, 11) is 1.56. The van der Waals surface area contributed by atoms with Crippen LogP contribution in [0, 0.1) is 0 Å². The molecule has 0 spiro atoms. The number of aromatic nitrogens is 3. The quantitative estimate of drug-likeness (QED) is 0.436. The number of carbonyl (C=O) groups is 2. The molecule has 1 aliphatic rings. The first-order valence-corrected chi connectivity index (χ1v) is 12.8. The Labute approximate surface area is 234 Å². The van der Waals surface area contributed by atoms with Crippen molar-refractivity contribution in [2.24, 2.45) is 7.05 Å². The lowest BCUT2D eigenvalue weighted by molar-refractivity contribution is -0.137. The van der Waals surface area contributed by atoms with Crippen LogP contribution >= 0.6 is 0 Å². The van der Waals surface area contributed by atoms with E-state index in [2.05, 4.69) is 20.6 Å². The third kappa shape index (κ3) is 6.67. The molecule has 41 heavy (non-hydrogen) atoms. The molecule has 0 radical (unpaired) electrons. The number of nitrogens with zero attached hydrogens (tertiary/aromatic N) is 4. The second-order valence-electron chi connectivity index (χ2n) is 10.9. The van der Waals surface area contributed by atoms with Gasteiger partial charge in [0, 0.05) is 38.3 Å². The average molecular weight is 573 g/mol. The number of hydrogen-bond donors (Lipinski definition) is 2. The summed E-state index contributed by atoms with van der Waals surface area (Å²) in [5.41, 5.74) is -0.368. The monoisotopic (exact) mass is 572 g/mol. The summed E-state index contributed by atoms with van der Waals surface area (Å²) in [6, 6.07) is 4.26. The van der Waals surface area contributed by atoms with Gasteiger partial charge in [0.1, 0.15) is 23.4 Å². The zero-order chi connectivity index (χ0) is 30.3. The van der Waals surface area contributed by atoms with Crippen molar-refractivity contribution in [2.75, 3.05) is 23.7 Å². The molecule has 1 aromatic carbocycles. The van der Waals surface area contributed by atoms with Gasteiger partial charge in [-0.3, -0.25) is 14.2 Å². The standard InChI is InChI=1S/C28H31F3N6O4/c1-15(18-9-19(28(29,30)31)11-20(10-18)35-16(2)38)34-23-22-12-21(25(39)36(6)24(22)33-14-32-23)17-7-8-37(13-17)26(40)41-27(3,4)5/h7,9-12,14-15H,8,13H2,1-6H3,(H,35,38)(H,32,33,34)/t15-/m1/s1. The summed E-state index contributed by atoms with van der Waals surface area (Å²) in [4.78, 5) is 47.3. The lowest BCUT2D eigenvalue weighted by Crippen LogP contribution is -2.35. The zero-order valence-electron chi connectivity index (χ0n) is 23.5. The van der Waals surface area contributed by atoms with Crippen LogP contribution < -0.4 is 16.2 Å². The van der Waals surface area contributed by atoms with Gasteiger partial charge in [-0.25, -0.2) is 14.8 Å². The number of rotatable bonds is 5. The molecule has 1 atom stereocenters. The van der Waals surface area contributed by atoms with Crippen molar-refractivity contribution in [1.29, 1.82) is 0 Å². The lowest BCUT2D eigenvalue weighted by Gasteiger charge is -2.24. The van der Waals surface area contributed by atoms with E-state index in [1.807, 2.05) is 0 Å². The van der Waals surface area contributed by atoms with Gasteiger partial charge in [0.25, 0.3) is 5.56 Å². The van der Waals surface area contributed by atoms with Crippen LogP contribution in [0.25, 0.3) is 16.6 Å². The number of hydrogen-bond acceptors (Lipinski definition) is 7. The Kier molecular flexibility index (Phi) is 7.83. The van der Waals surface area contributed by atoms with Crippen molar-refractivity contribution >= 4 is 40.1 Å². The lowest BCUT2D eigenvalue weighted by atomic mass is 10.0. The molecule has 0 unspecified atom stereocenters. The highest BCUT2D eigenvalue weighted by molar-refractivity contribution is 5.91. The fourth-order valence-corrected chi connectivity index (χ4v) is 4.46. The van der Waals surface area contributed by atoms with E-state index >= 15 is 0 Å². The molecule has 0 saturated carbocycles. The highest BCUT2D eigenvalue weighted by atomic mass is 19.4. The third-order valence-corrected chi connectivity index (χ3v) is 6.38. The zero-order valence-corrected chi connectivity index (χ0v) is 23.5. The summed E-state index contributed by atoms with van der Waals surface area (Å²) in [5, 5.41) is 6.00. The van der Waals surface area contributed by atoms with Crippen molar-refractivity contribution in [2.45, 2.75) is 52.4 Å². The normalized spacial score (nSPS) is 14.6. The summed E-state index contributed by atoms with van der Waals surface area (Å²) in [6.07, 6.45) is -2.09. The fraction of sp³-hybridized carbons (Fsp3) is 0.393. The number of ether oxygens (including phenoxy) is 1. The maximum atomic E-state index is 13.6. The minimum Gasteiger partial charge on any atom is -0.444 e. The number of fused-ring (bicyclic) bond motifs is 1. The van der Waals surface area contributed by atoms with E-state index in [1.54, 1.807) is 46.9 Å². The number of halogens is 3. The van der Waals surface area contributed by atoms with Crippen LogP contribution in [0.4, 0.5) is 29.5 Å². The van der Waals surface area contributed by atoms with Gasteiger partial charge in [-0.05, 0) is 63.1 Å². The summed E-state index contributed by atoms with van der Waals surface area (Å²) < 4.78 is 47.6. The second kappa shape index (κ2) is 10.9. The molecule has 2 N–H and O–H groups in total. The first-order chi connectivity index (χ1) is 19.0. The Balaban J connectivity index is 1.69. The van der Waals surface area contributed by atoms with Crippen LogP contribution in [-0.2, 0) is 22.8 Å². The predicted octanol–water partition coefficient (Wildman–Crippen LogP) is 5.11. The molecule has 0 bridgehead atoms. The minimum absolute atomic E-state index is 0.0101. The van der Waals surface area contributed by atoms with Gasteiger partial charge in [0.15, 0.2) is 0 Å². The number of carbonyl (C=O) groups excluding carboxylic acids is 2. The van der Waals surface area contributed by atoms with Crippen molar-refractivity contribution < 1.29 is 27.5 Å². The van der Waals surface area contributed by atoms with Gasteiger partial charge in [-0.15, -0.1) is 0 Å². The molecule has 0 saturated heterocycles. The maximum absolute atomic E-state index is 13.6. The Morgan fingerprint density at radius 2 is 1.80 bits per heavy atom. The van der Waals surface area contributed by atoms with Gasteiger partial charge in [-0.1, -0.05) is 6.08 Å². The number of alkyl halides is 3. The largest absolute Gasteiger partial charge is 0.444 e. The van der Waals surface area contributed by atoms with Crippen LogP contribution in [0.15, 0.2) is 41.5 Å². The molecule has 2 amide bonds. The van der Waals surface area contributed by atoms with Gasteiger partial charge < -0.3 is 20.3 Å². The number of pyridine rings is 1. The van der Waals surface area contributed by atoms with Gasteiger partial charge in [0.2, 0.25) is 5.91 Å². The maximum Gasteiger partial charge on any atom is 0.416 e. The molecule has 218 valence electrons. The van der Waals surface area contributed by atoms with E-state index in [9.17, 15) is 27.6 Å². The molecular formula is C28H31F3N6O4.